The van der Waals surface area contributed by atoms with Gasteiger partial charge in [0.25, 0.3) is 5.91 Å². The number of carbonyl (C=O) groups excluding carboxylic acids is 2. The predicted octanol–water partition coefficient (Wildman–Crippen LogP) is 2.98. The number of ketones is 1. The molecule has 8 nitrogen and oxygen atoms in total. The zero-order valence-corrected chi connectivity index (χ0v) is 20.5. The summed E-state index contributed by atoms with van der Waals surface area (Å²) < 4.78 is 27.2. The highest BCUT2D eigenvalue weighted by Gasteiger charge is 2.27. The fraction of sp³-hybridized carbons (Fsp3) is 0.385. The van der Waals surface area contributed by atoms with E-state index in [2.05, 4.69) is 9.88 Å². The summed E-state index contributed by atoms with van der Waals surface area (Å²) in [6.45, 7) is 3.68. The molecule has 5 rings (SSSR count). The second-order valence-electron chi connectivity index (χ2n) is 9.23. The maximum absolute atomic E-state index is 13.0. The van der Waals surface area contributed by atoms with Gasteiger partial charge in [0, 0.05) is 67.5 Å². The number of Topliss-reactive ketones (excluding diaryl/α,β-unsaturated/α-hetero) is 1. The Bertz CT molecular complexity index is 1320. The smallest absolute Gasteiger partial charge is 0.253 e. The van der Waals surface area contributed by atoms with Crippen molar-refractivity contribution in [3.05, 3.63) is 65.9 Å². The molecule has 3 aromatic rings. The van der Waals surface area contributed by atoms with Gasteiger partial charge in [-0.15, -0.1) is 0 Å². The minimum absolute atomic E-state index is 0.0627. The number of carbonyl (C=O) groups is 2. The zero-order chi connectivity index (χ0) is 24.4. The molecule has 184 valence electrons. The Labute approximate surface area is 205 Å². The van der Waals surface area contributed by atoms with Gasteiger partial charge in [-0.3, -0.25) is 14.5 Å². The Morgan fingerprint density at radius 2 is 1.51 bits per heavy atom. The summed E-state index contributed by atoms with van der Waals surface area (Å²) in [6.07, 6.45) is 4.59. The number of nitrogens with one attached hydrogen (secondary N) is 1. The Balaban J connectivity index is 1.17. The van der Waals surface area contributed by atoms with E-state index in [9.17, 15) is 18.0 Å². The standard InChI is InChI=1S/C26H30N4O4S/c31-25(23-18-27-24-7-3-2-6-22(23)24)19-28-14-16-29(17-15-28)26(32)20-8-10-21(11-9-20)35(33,34)30-12-4-1-5-13-30/h2-3,6-11,18,27H,1,4-5,12-17,19H2. The van der Waals surface area contributed by atoms with E-state index < -0.39 is 10.0 Å². The Morgan fingerprint density at radius 1 is 0.829 bits per heavy atom. The normalized spacial score (nSPS) is 18.1. The molecule has 0 bridgehead atoms. The largest absolute Gasteiger partial charge is 0.360 e. The topological polar surface area (TPSA) is 93.8 Å². The van der Waals surface area contributed by atoms with Gasteiger partial charge in [-0.25, -0.2) is 8.42 Å². The van der Waals surface area contributed by atoms with Gasteiger partial charge in [-0.1, -0.05) is 24.6 Å². The molecular formula is C26H30N4O4S. The van der Waals surface area contributed by atoms with Crippen molar-refractivity contribution in [3.8, 4) is 0 Å². The van der Waals surface area contributed by atoms with E-state index in [1.807, 2.05) is 24.3 Å². The molecule has 0 aliphatic carbocycles. The highest BCUT2D eigenvalue weighted by Crippen LogP contribution is 2.22. The first-order valence-electron chi connectivity index (χ1n) is 12.1. The number of aromatic nitrogens is 1. The van der Waals surface area contributed by atoms with E-state index >= 15 is 0 Å². The molecule has 0 saturated carbocycles. The van der Waals surface area contributed by atoms with Gasteiger partial charge < -0.3 is 9.88 Å². The third kappa shape index (κ3) is 4.89. The van der Waals surface area contributed by atoms with E-state index in [0.29, 0.717) is 56.9 Å². The number of fused-ring (bicyclic) bond motifs is 1. The lowest BCUT2D eigenvalue weighted by Gasteiger charge is -2.34. The van der Waals surface area contributed by atoms with Crippen LogP contribution in [0.4, 0.5) is 0 Å². The summed E-state index contributed by atoms with van der Waals surface area (Å²) in [5, 5.41) is 0.928. The fourth-order valence-electron chi connectivity index (χ4n) is 4.91. The van der Waals surface area contributed by atoms with Crippen molar-refractivity contribution in [2.45, 2.75) is 24.2 Å². The molecule has 2 aliphatic rings. The number of sulfonamides is 1. The van der Waals surface area contributed by atoms with E-state index in [1.165, 1.54) is 16.4 Å². The second-order valence-corrected chi connectivity index (χ2v) is 11.2. The lowest BCUT2D eigenvalue weighted by Crippen LogP contribution is -2.49. The molecule has 2 aromatic carbocycles. The van der Waals surface area contributed by atoms with Crippen LogP contribution in [0.25, 0.3) is 10.9 Å². The maximum atomic E-state index is 13.0. The van der Waals surface area contributed by atoms with Crippen molar-refractivity contribution in [2.75, 3.05) is 45.8 Å². The molecule has 2 saturated heterocycles. The number of hydrogen-bond acceptors (Lipinski definition) is 5. The van der Waals surface area contributed by atoms with Crippen LogP contribution in [0, 0.1) is 0 Å². The van der Waals surface area contributed by atoms with Crippen LogP contribution < -0.4 is 0 Å². The average Bonchev–Trinajstić information content (AvgIpc) is 3.34. The third-order valence-electron chi connectivity index (χ3n) is 6.97. The molecule has 1 amide bonds. The maximum Gasteiger partial charge on any atom is 0.253 e. The van der Waals surface area contributed by atoms with Gasteiger partial charge >= 0.3 is 0 Å². The minimum atomic E-state index is -3.51. The average molecular weight is 495 g/mol. The molecule has 2 aliphatic heterocycles. The van der Waals surface area contributed by atoms with E-state index in [-0.39, 0.29) is 16.6 Å². The van der Waals surface area contributed by atoms with Crippen LogP contribution in [0.5, 0.6) is 0 Å². The summed E-state index contributed by atoms with van der Waals surface area (Å²) in [5.74, 6) is -0.0535. The molecule has 0 atom stereocenters. The van der Waals surface area contributed by atoms with Crippen molar-refractivity contribution in [2.24, 2.45) is 0 Å². The lowest BCUT2D eigenvalue weighted by molar-refractivity contribution is 0.0624. The number of H-pyrrole nitrogens is 1. The summed E-state index contributed by atoms with van der Waals surface area (Å²) in [7, 11) is -3.51. The molecule has 0 spiro atoms. The van der Waals surface area contributed by atoms with Gasteiger partial charge in [0.2, 0.25) is 10.0 Å². The highest BCUT2D eigenvalue weighted by atomic mass is 32.2. The van der Waals surface area contributed by atoms with Gasteiger partial charge in [-0.2, -0.15) is 4.31 Å². The molecule has 0 unspecified atom stereocenters. The summed E-state index contributed by atoms with van der Waals surface area (Å²) in [4.78, 5) is 33.1. The van der Waals surface area contributed by atoms with Gasteiger partial charge in [0.1, 0.15) is 0 Å². The number of aromatic amines is 1. The van der Waals surface area contributed by atoms with Gasteiger partial charge in [0.05, 0.1) is 11.4 Å². The van der Waals surface area contributed by atoms with Crippen molar-refractivity contribution < 1.29 is 18.0 Å². The molecule has 1 aromatic heterocycles. The van der Waals surface area contributed by atoms with E-state index in [1.54, 1.807) is 23.2 Å². The van der Waals surface area contributed by atoms with Crippen LogP contribution in [0.2, 0.25) is 0 Å². The quantitative estimate of drug-likeness (QED) is 0.532. The van der Waals surface area contributed by atoms with Crippen LogP contribution in [-0.4, -0.2) is 85.0 Å². The third-order valence-corrected chi connectivity index (χ3v) is 8.88. The Kier molecular flexibility index (Phi) is 6.73. The first-order chi connectivity index (χ1) is 16.9. The number of rotatable bonds is 6. The monoisotopic (exact) mass is 494 g/mol. The second kappa shape index (κ2) is 9.93. The fourth-order valence-corrected chi connectivity index (χ4v) is 6.42. The molecule has 9 heteroatoms. The Hall–Kier alpha value is -3.01. The molecule has 1 N–H and O–H groups in total. The molecular weight excluding hydrogens is 464 g/mol. The van der Waals surface area contributed by atoms with Crippen LogP contribution in [0.3, 0.4) is 0 Å². The summed E-state index contributed by atoms with van der Waals surface area (Å²) in [5.41, 5.74) is 2.12. The van der Waals surface area contributed by atoms with Crippen molar-refractivity contribution in [1.29, 1.82) is 0 Å². The van der Waals surface area contributed by atoms with Gasteiger partial charge in [0.15, 0.2) is 5.78 Å². The van der Waals surface area contributed by atoms with Crippen LogP contribution >= 0.6 is 0 Å². The van der Waals surface area contributed by atoms with Crippen molar-refractivity contribution in [1.82, 2.24) is 19.1 Å². The zero-order valence-electron chi connectivity index (χ0n) is 19.7. The number of benzene rings is 2. The lowest BCUT2D eigenvalue weighted by atomic mass is 10.1. The van der Waals surface area contributed by atoms with Crippen LogP contribution in [0.15, 0.2) is 59.6 Å². The first-order valence-corrected chi connectivity index (χ1v) is 13.6. The molecule has 3 heterocycles. The minimum Gasteiger partial charge on any atom is -0.360 e. The van der Waals surface area contributed by atoms with Crippen molar-refractivity contribution in [3.63, 3.8) is 0 Å². The number of nitrogens with zero attached hydrogens (tertiary/aromatic N) is 3. The number of piperidine rings is 1. The molecule has 0 radical (unpaired) electrons. The molecule has 35 heavy (non-hydrogen) atoms. The van der Waals surface area contributed by atoms with Gasteiger partial charge in [-0.05, 0) is 43.2 Å². The number of para-hydroxylation sites is 1. The summed E-state index contributed by atoms with van der Waals surface area (Å²) >= 11 is 0. The summed E-state index contributed by atoms with van der Waals surface area (Å²) in [6, 6.07) is 14.0. The number of hydrogen-bond donors (Lipinski definition) is 1. The molecule has 2 fully saturated rings. The van der Waals surface area contributed by atoms with Crippen molar-refractivity contribution >= 4 is 32.6 Å². The SMILES string of the molecule is O=C(CN1CCN(C(=O)c2ccc(S(=O)(=O)N3CCCCC3)cc2)CC1)c1c[nH]c2ccccc12. The predicted molar refractivity (Wildman–Crippen MR) is 134 cm³/mol. The van der Waals surface area contributed by atoms with E-state index in [4.69, 9.17) is 0 Å². The van der Waals surface area contributed by atoms with Crippen LogP contribution in [-0.2, 0) is 10.0 Å². The van der Waals surface area contributed by atoms with Crippen LogP contribution in [0.1, 0.15) is 40.0 Å². The number of amides is 1. The van der Waals surface area contributed by atoms with E-state index in [0.717, 1.165) is 30.2 Å². The highest BCUT2D eigenvalue weighted by molar-refractivity contribution is 7.89. The number of piperazine rings is 1. The Morgan fingerprint density at radius 3 is 2.23 bits per heavy atom. The first kappa shape index (κ1) is 23.7.